The van der Waals surface area contributed by atoms with Crippen LogP contribution in [0.3, 0.4) is 0 Å². The highest BCUT2D eigenvalue weighted by atomic mass is 32.2. The molecule has 2 aromatic carbocycles. The van der Waals surface area contributed by atoms with Crippen molar-refractivity contribution in [1.82, 2.24) is 10.3 Å². The van der Waals surface area contributed by atoms with Crippen LogP contribution in [0.5, 0.6) is 0 Å². The van der Waals surface area contributed by atoms with Gasteiger partial charge in [0.15, 0.2) is 5.58 Å². The van der Waals surface area contributed by atoms with Crippen LogP contribution in [0, 0.1) is 5.82 Å². The van der Waals surface area contributed by atoms with Crippen molar-refractivity contribution in [1.29, 1.82) is 0 Å². The first-order valence-electron chi connectivity index (χ1n) is 12.3. The van der Waals surface area contributed by atoms with Crippen molar-refractivity contribution in [3.05, 3.63) is 84.3 Å². The highest BCUT2D eigenvalue weighted by molar-refractivity contribution is 8.25. The highest BCUT2D eigenvalue weighted by Gasteiger charge is 2.16. The zero-order chi connectivity index (χ0) is 25.7. The number of pyridine rings is 1. The summed E-state index contributed by atoms with van der Waals surface area (Å²) in [6.07, 6.45) is 7.57. The van der Waals surface area contributed by atoms with E-state index in [9.17, 15) is 9.18 Å². The van der Waals surface area contributed by atoms with E-state index in [1.807, 2.05) is 63.0 Å². The third-order valence-electron chi connectivity index (χ3n) is 5.79. The van der Waals surface area contributed by atoms with E-state index >= 15 is 0 Å². The number of nitrogens with zero attached hydrogens (tertiary/aromatic N) is 1. The van der Waals surface area contributed by atoms with Gasteiger partial charge in [0.1, 0.15) is 17.1 Å². The van der Waals surface area contributed by atoms with Crippen LogP contribution < -0.4 is 5.32 Å². The third-order valence-corrected chi connectivity index (χ3v) is 6.84. The fourth-order valence-electron chi connectivity index (χ4n) is 3.98. The average molecular weight is 500 g/mol. The van der Waals surface area contributed by atoms with Crippen molar-refractivity contribution in [2.75, 3.05) is 0 Å². The molecule has 7 heteroatoms. The van der Waals surface area contributed by atoms with E-state index in [1.54, 1.807) is 18.3 Å². The topological polar surface area (TPSA) is 55.1 Å². The van der Waals surface area contributed by atoms with Crippen LogP contribution in [-0.2, 0) is 0 Å². The summed E-state index contributed by atoms with van der Waals surface area (Å²) in [5.41, 5.74) is 4.18. The molecule has 1 N–H and O–H groups in total. The first-order chi connectivity index (χ1) is 17.4. The lowest BCUT2D eigenvalue weighted by molar-refractivity contribution is 0.0943. The molecule has 1 atom stereocenters. The molecule has 4 nitrogen and oxygen atoms in total. The summed E-state index contributed by atoms with van der Waals surface area (Å²) >= 11 is 1.49. The van der Waals surface area contributed by atoms with E-state index in [4.69, 9.17) is 4.42 Å². The number of carbonyl (C=O) groups is 1. The maximum Gasteiger partial charge on any atom is 0.251 e. The Kier molecular flexibility index (Phi) is 8.31. The predicted molar refractivity (Wildman–Crippen MR) is 149 cm³/mol. The monoisotopic (exact) mass is 500 g/mol. The number of fused-ring (bicyclic) bond motifs is 1. The Labute approximate surface area is 216 Å². The van der Waals surface area contributed by atoms with Crippen molar-refractivity contribution >= 4 is 34.6 Å². The van der Waals surface area contributed by atoms with E-state index in [0.29, 0.717) is 38.9 Å². The Hall–Kier alpha value is -3.32. The minimum atomic E-state index is -0.266. The standard InChI is InChI=1S/C29H30BFN2O2S/c1-5-7-11-22(6-2)33-29(34)21-10-8-9-19(16-21)23-14-15-32-25-18-26(35-28(23)25)20-12-13-27(24(31)17-20)36-30(3)4/h7-18,22H,5-6H2,1-4H3,(H,33,34). The second-order valence-corrected chi connectivity index (χ2v) is 10.5. The van der Waals surface area contributed by atoms with Gasteiger partial charge in [-0.05, 0) is 54.8 Å². The van der Waals surface area contributed by atoms with Gasteiger partial charge in [0.05, 0.1) is 0 Å². The Morgan fingerprint density at radius 3 is 2.69 bits per heavy atom. The van der Waals surface area contributed by atoms with Gasteiger partial charge in [0.2, 0.25) is 5.99 Å². The quantitative estimate of drug-likeness (QED) is 0.186. The van der Waals surface area contributed by atoms with Crippen LogP contribution in [0.25, 0.3) is 33.6 Å². The fraction of sp³-hybridized carbons (Fsp3) is 0.241. The van der Waals surface area contributed by atoms with E-state index in [-0.39, 0.29) is 17.8 Å². The Morgan fingerprint density at radius 2 is 1.97 bits per heavy atom. The molecule has 0 aliphatic rings. The summed E-state index contributed by atoms with van der Waals surface area (Å²) < 4.78 is 20.9. The fourth-order valence-corrected chi connectivity index (χ4v) is 4.80. The molecule has 0 aliphatic heterocycles. The average Bonchev–Trinajstić information content (AvgIpc) is 3.32. The molecule has 4 rings (SSSR count). The molecule has 36 heavy (non-hydrogen) atoms. The van der Waals surface area contributed by atoms with Gasteiger partial charge in [-0.15, -0.1) is 0 Å². The maximum absolute atomic E-state index is 14.7. The van der Waals surface area contributed by atoms with E-state index in [0.717, 1.165) is 24.0 Å². The molecular formula is C29H30BFN2O2S. The number of carbonyl (C=O) groups excluding carboxylic acids is 1. The number of furan rings is 1. The number of hydrogen-bond acceptors (Lipinski definition) is 4. The molecule has 0 saturated carbocycles. The molecule has 184 valence electrons. The van der Waals surface area contributed by atoms with Crippen LogP contribution in [0.15, 0.2) is 82.3 Å². The van der Waals surface area contributed by atoms with Gasteiger partial charge in [-0.2, -0.15) is 11.6 Å². The number of hydrogen-bond donors (Lipinski definition) is 1. The molecule has 0 fully saturated rings. The van der Waals surface area contributed by atoms with Crippen LogP contribution in [0.1, 0.15) is 37.0 Å². The van der Waals surface area contributed by atoms with Crippen LogP contribution in [-0.4, -0.2) is 22.9 Å². The molecule has 0 aliphatic carbocycles. The van der Waals surface area contributed by atoms with Crippen molar-refractivity contribution in [3.8, 4) is 22.5 Å². The Morgan fingerprint density at radius 1 is 1.14 bits per heavy atom. The molecule has 1 unspecified atom stereocenters. The number of halogens is 1. The van der Waals surface area contributed by atoms with Gasteiger partial charge >= 0.3 is 0 Å². The van der Waals surface area contributed by atoms with Crippen LogP contribution >= 0.6 is 11.6 Å². The zero-order valence-electron chi connectivity index (χ0n) is 21.0. The highest BCUT2D eigenvalue weighted by Crippen LogP contribution is 2.35. The molecule has 0 spiro atoms. The third kappa shape index (κ3) is 5.90. The summed E-state index contributed by atoms with van der Waals surface area (Å²) in [7, 11) is 0. The second kappa shape index (κ2) is 11.6. The van der Waals surface area contributed by atoms with Crippen molar-refractivity contribution in [2.45, 2.75) is 51.3 Å². The SMILES string of the molecule is CCC=CC(CC)NC(=O)c1cccc(-c2ccnc3cc(-c4ccc(SB(C)C)c(F)c4)oc23)c1. The summed E-state index contributed by atoms with van der Waals surface area (Å²) in [5, 5.41) is 3.08. The number of nitrogens with one attached hydrogen (secondary N) is 1. The zero-order valence-corrected chi connectivity index (χ0v) is 21.9. The number of allylic oxidation sites excluding steroid dienone is 1. The molecule has 4 aromatic rings. The summed E-state index contributed by atoms with van der Waals surface area (Å²) in [6.45, 7) is 8.19. The minimum Gasteiger partial charge on any atom is -0.454 e. The lowest BCUT2D eigenvalue weighted by atomic mass is 9.84. The molecule has 1 amide bonds. The lowest BCUT2D eigenvalue weighted by Gasteiger charge is -2.13. The largest absolute Gasteiger partial charge is 0.454 e. The van der Waals surface area contributed by atoms with E-state index < -0.39 is 0 Å². The number of aromatic nitrogens is 1. The summed E-state index contributed by atoms with van der Waals surface area (Å²) in [4.78, 5) is 18.0. The van der Waals surface area contributed by atoms with E-state index in [2.05, 4.69) is 23.3 Å². The molecular weight excluding hydrogens is 470 g/mol. The van der Waals surface area contributed by atoms with Crippen LogP contribution in [0.2, 0.25) is 13.6 Å². The molecule has 0 saturated heterocycles. The van der Waals surface area contributed by atoms with Crippen LogP contribution in [0.4, 0.5) is 4.39 Å². The van der Waals surface area contributed by atoms with E-state index in [1.165, 1.54) is 17.7 Å². The summed E-state index contributed by atoms with van der Waals surface area (Å²) in [5.74, 6) is 0.455. The number of benzene rings is 2. The normalized spacial score (nSPS) is 12.2. The predicted octanol–water partition coefficient (Wildman–Crippen LogP) is 8.12. The molecule has 2 aromatic heterocycles. The first kappa shape index (κ1) is 25.8. The van der Waals surface area contributed by atoms with Crippen molar-refractivity contribution in [3.63, 3.8) is 0 Å². The van der Waals surface area contributed by atoms with Gasteiger partial charge in [-0.1, -0.05) is 51.8 Å². The number of rotatable bonds is 9. The smallest absolute Gasteiger partial charge is 0.251 e. The van der Waals surface area contributed by atoms with Gasteiger partial charge in [-0.25, -0.2) is 4.39 Å². The number of amides is 1. The lowest BCUT2D eigenvalue weighted by Crippen LogP contribution is -2.32. The van der Waals surface area contributed by atoms with Crippen molar-refractivity contribution in [2.24, 2.45) is 0 Å². The van der Waals surface area contributed by atoms with Gasteiger partial charge in [0, 0.05) is 39.9 Å². The van der Waals surface area contributed by atoms with Crippen molar-refractivity contribution < 1.29 is 13.6 Å². The molecule has 2 heterocycles. The van der Waals surface area contributed by atoms with Gasteiger partial charge in [-0.3, -0.25) is 9.78 Å². The first-order valence-corrected chi connectivity index (χ1v) is 13.2. The Bertz CT molecular complexity index is 1400. The Balaban J connectivity index is 1.65. The van der Waals surface area contributed by atoms with Gasteiger partial charge < -0.3 is 9.73 Å². The molecule has 0 bridgehead atoms. The minimum absolute atomic E-state index is 0.00732. The second-order valence-electron chi connectivity index (χ2n) is 8.90. The molecule has 0 radical (unpaired) electrons. The maximum atomic E-state index is 14.7. The van der Waals surface area contributed by atoms with Gasteiger partial charge in [0.25, 0.3) is 5.91 Å². The summed E-state index contributed by atoms with van der Waals surface area (Å²) in [6, 6.07) is 16.3.